The van der Waals surface area contributed by atoms with Crippen LogP contribution in [0, 0.1) is 23.0 Å². The highest BCUT2D eigenvalue weighted by molar-refractivity contribution is 5.93. The van der Waals surface area contributed by atoms with Crippen molar-refractivity contribution in [2.24, 2.45) is 0 Å². The first-order chi connectivity index (χ1) is 10.1. The Kier molecular flexibility index (Phi) is 4.46. The third-order valence-corrected chi connectivity index (χ3v) is 2.57. The van der Waals surface area contributed by atoms with Crippen LogP contribution in [-0.4, -0.2) is 12.5 Å². The van der Waals surface area contributed by atoms with Gasteiger partial charge in [0.25, 0.3) is 5.91 Å². The van der Waals surface area contributed by atoms with E-state index in [-0.39, 0.29) is 5.75 Å². The quantitative estimate of drug-likeness (QED) is 0.941. The minimum atomic E-state index is -0.762. The molecule has 0 heterocycles. The second-order valence-corrected chi connectivity index (χ2v) is 4.07. The van der Waals surface area contributed by atoms with E-state index in [0.717, 1.165) is 18.2 Å². The second kappa shape index (κ2) is 6.48. The number of hydrogen-bond donors (Lipinski definition) is 1. The molecule has 0 atom stereocenters. The van der Waals surface area contributed by atoms with E-state index in [9.17, 15) is 13.6 Å². The molecule has 2 aromatic carbocycles. The largest absolute Gasteiger partial charge is 0.481 e. The van der Waals surface area contributed by atoms with Crippen molar-refractivity contribution in [1.82, 2.24) is 0 Å². The number of carbonyl (C=O) groups is 1. The number of ether oxygens (including phenoxy) is 1. The molecule has 0 bridgehead atoms. The van der Waals surface area contributed by atoms with Crippen molar-refractivity contribution in [3.63, 3.8) is 0 Å². The summed E-state index contributed by atoms with van der Waals surface area (Å²) < 4.78 is 31.1. The number of carbonyl (C=O) groups excluding carboxylic acids is 1. The van der Waals surface area contributed by atoms with E-state index in [1.165, 1.54) is 0 Å². The average molecular weight is 288 g/mol. The van der Waals surface area contributed by atoms with Gasteiger partial charge in [-0.2, -0.15) is 5.26 Å². The normalized spacial score (nSPS) is 9.76. The molecule has 0 fully saturated rings. The minimum Gasteiger partial charge on any atom is -0.481 e. The molecule has 0 aliphatic rings. The van der Waals surface area contributed by atoms with Crippen LogP contribution in [0.15, 0.2) is 42.5 Å². The smallest absolute Gasteiger partial charge is 0.262 e. The van der Waals surface area contributed by atoms with E-state index in [4.69, 9.17) is 10.00 Å². The number of nitrogens with zero attached hydrogens (tertiary/aromatic N) is 1. The molecule has 0 spiro atoms. The van der Waals surface area contributed by atoms with Gasteiger partial charge in [-0.15, -0.1) is 0 Å². The van der Waals surface area contributed by atoms with Crippen molar-refractivity contribution < 1.29 is 18.3 Å². The molecule has 0 aliphatic carbocycles. The Morgan fingerprint density at radius 2 is 2.00 bits per heavy atom. The van der Waals surface area contributed by atoms with Crippen LogP contribution in [-0.2, 0) is 4.79 Å². The fourth-order valence-electron chi connectivity index (χ4n) is 1.61. The molecule has 6 heteroatoms. The van der Waals surface area contributed by atoms with Crippen LogP contribution in [0.4, 0.5) is 14.5 Å². The summed E-state index contributed by atoms with van der Waals surface area (Å²) in [6.45, 7) is -0.500. The van der Waals surface area contributed by atoms with Gasteiger partial charge in [-0.25, -0.2) is 8.78 Å². The molecule has 0 radical (unpaired) electrons. The first kappa shape index (κ1) is 14.5. The topological polar surface area (TPSA) is 62.1 Å². The molecular formula is C15H10F2N2O2. The van der Waals surface area contributed by atoms with Crippen LogP contribution in [0.5, 0.6) is 5.75 Å². The van der Waals surface area contributed by atoms with Crippen molar-refractivity contribution in [2.45, 2.75) is 0 Å². The number of nitriles is 1. The molecule has 2 rings (SSSR count). The molecule has 21 heavy (non-hydrogen) atoms. The number of benzene rings is 2. The summed E-state index contributed by atoms with van der Waals surface area (Å²) in [6.07, 6.45) is 0. The van der Waals surface area contributed by atoms with Crippen LogP contribution < -0.4 is 10.1 Å². The first-order valence-electron chi connectivity index (χ1n) is 5.97. The third kappa shape index (κ3) is 3.76. The van der Waals surface area contributed by atoms with Gasteiger partial charge in [0, 0.05) is 6.07 Å². The van der Waals surface area contributed by atoms with Crippen LogP contribution in [0.1, 0.15) is 5.56 Å². The third-order valence-electron chi connectivity index (χ3n) is 2.57. The van der Waals surface area contributed by atoms with Crippen LogP contribution in [0.25, 0.3) is 0 Å². The van der Waals surface area contributed by atoms with Crippen LogP contribution in [0.2, 0.25) is 0 Å². The van der Waals surface area contributed by atoms with Crippen molar-refractivity contribution in [1.29, 1.82) is 5.26 Å². The minimum absolute atomic E-state index is 0.294. The van der Waals surface area contributed by atoms with E-state index in [1.807, 2.05) is 6.07 Å². The highest BCUT2D eigenvalue weighted by atomic mass is 19.1. The van der Waals surface area contributed by atoms with E-state index >= 15 is 0 Å². The lowest BCUT2D eigenvalue weighted by Gasteiger charge is -2.09. The molecule has 0 aliphatic heterocycles. The van der Waals surface area contributed by atoms with E-state index in [2.05, 4.69) is 5.32 Å². The zero-order valence-electron chi connectivity index (χ0n) is 10.8. The first-order valence-corrected chi connectivity index (χ1v) is 5.97. The maximum atomic E-state index is 13.3. The van der Waals surface area contributed by atoms with Crippen molar-refractivity contribution in [3.05, 3.63) is 59.7 Å². The molecule has 0 saturated heterocycles. The van der Waals surface area contributed by atoms with Gasteiger partial charge < -0.3 is 10.1 Å². The molecule has 0 unspecified atom stereocenters. The molecule has 4 nitrogen and oxygen atoms in total. The summed E-state index contributed by atoms with van der Waals surface area (Å²) in [4.78, 5) is 11.7. The Labute approximate surface area is 119 Å². The molecule has 106 valence electrons. The van der Waals surface area contributed by atoms with Gasteiger partial charge in [0.05, 0.1) is 11.3 Å². The predicted octanol–water partition coefficient (Wildman–Crippen LogP) is 2.85. The predicted molar refractivity (Wildman–Crippen MR) is 71.6 cm³/mol. The molecule has 1 N–H and O–H groups in total. The van der Waals surface area contributed by atoms with Gasteiger partial charge in [0.15, 0.2) is 18.2 Å². The fraction of sp³-hybridized carbons (Fsp3) is 0.0667. The Morgan fingerprint density at radius 3 is 2.76 bits per heavy atom. The fourth-order valence-corrected chi connectivity index (χ4v) is 1.61. The molecule has 1 amide bonds. The summed E-state index contributed by atoms with van der Waals surface area (Å²) in [5, 5.41) is 11.3. The number of halogens is 2. The zero-order chi connectivity index (χ0) is 15.2. The molecular weight excluding hydrogens is 278 g/mol. The Balaban J connectivity index is 2.00. The van der Waals surface area contributed by atoms with E-state index in [1.54, 1.807) is 24.3 Å². The lowest BCUT2D eigenvalue weighted by Crippen LogP contribution is -2.21. The standard InChI is InChI=1S/C15H10F2N2O2/c16-11-5-6-12(17)14(7-11)21-9-15(20)19-13-4-2-1-3-10(13)8-18/h1-7H,9H2,(H,19,20). The van der Waals surface area contributed by atoms with E-state index < -0.39 is 24.1 Å². The monoisotopic (exact) mass is 288 g/mol. The molecule has 0 saturated carbocycles. The van der Waals surface area contributed by atoms with Crippen molar-refractivity contribution in [3.8, 4) is 11.8 Å². The van der Waals surface area contributed by atoms with Gasteiger partial charge >= 0.3 is 0 Å². The van der Waals surface area contributed by atoms with Crippen LogP contribution >= 0.6 is 0 Å². The lowest BCUT2D eigenvalue weighted by molar-refractivity contribution is -0.118. The van der Waals surface area contributed by atoms with Crippen molar-refractivity contribution in [2.75, 3.05) is 11.9 Å². The van der Waals surface area contributed by atoms with Gasteiger partial charge in [0.2, 0.25) is 0 Å². The SMILES string of the molecule is N#Cc1ccccc1NC(=O)COc1cc(F)ccc1F. The number of anilines is 1. The number of para-hydroxylation sites is 1. The van der Waals surface area contributed by atoms with Gasteiger partial charge in [-0.1, -0.05) is 12.1 Å². The number of amides is 1. The average Bonchev–Trinajstić information content (AvgIpc) is 2.49. The molecule has 2 aromatic rings. The summed E-state index contributed by atoms with van der Waals surface area (Å²) in [7, 11) is 0. The Morgan fingerprint density at radius 1 is 1.24 bits per heavy atom. The van der Waals surface area contributed by atoms with Gasteiger partial charge in [-0.05, 0) is 24.3 Å². The number of hydrogen-bond acceptors (Lipinski definition) is 3. The second-order valence-electron chi connectivity index (χ2n) is 4.07. The van der Waals surface area contributed by atoms with Crippen LogP contribution in [0.3, 0.4) is 0 Å². The summed E-state index contributed by atoms with van der Waals surface area (Å²) in [5.74, 6) is -2.36. The summed E-state index contributed by atoms with van der Waals surface area (Å²) >= 11 is 0. The zero-order valence-corrected chi connectivity index (χ0v) is 10.8. The van der Waals surface area contributed by atoms with E-state index in [0.29, 0.717) is 11.3 Å². The lowest BCUT2D eigenvalue weighted by atomic mass is 10.2. The van der Waals surface area contributed by atoms with Gasteiger partial charge in [0.1, 0.15) is 11.9 Å². The highest BCUT2D eigenvalue weighted by Crippen LogP contribution is 2.18. The highest BCUT2D eigenvalue weighted by Gasteiger charge is 2.10. The summed E-state index contributed by atoms with van der Waals surface area (Å²) in [5.41, 5.74) is 0.621. The summed E-state index contributed by atoms with van der Waals surface area (Å²) in [6, 6.07) is 11.1. The molecule has 0 aromatic heterocycles. The Hall–Kier alpha value is -2.94. The maximum absolute atomic E-state index is 13.3. The Bertz CT molecular complexity index is 711. The van der Waals surface area contributed by atoms with Crippen molar-refractivity contribution >= 4 is 11.6 Å². The van der Waals surface area contributed by atoms with Gasteiger partial charge in [-0.3, -0.25) is 4.79 Å². The number of nitrogens with one attached hydrogen (secondary N) is 1. The maximum Gasteiger partial charge on any atom is 0.262 e. The number of rotatable bonds is 4.